The smallest absolute Gasteiger partial charge is 0.159 e. The van der Waals surface area contributed by atoms with Gasteiger partial charge in [0.2, 0.25) is 0 Å². The number of hydrogen-bond donors (Lipinski definition) is 0. The monoisotopic (exact) mass is 331 g/mol. The maximum absolute atomic E-state index is 4.58. The second-order valence-corrected chi connectivity index (χ2v) is 6.56. The molecule has 0 amide bonds. The quantitative estimate of drug-likeness (QED) is 0.735. The number of aryl methyl sites for hydroxylation is 1. The van der Waals surface area contributed by atoms with Crippen molar-refractivity contribution in [2.24, 2.45) is 0 Å². The molecule has 3 aromatic rings. The van der Waals surface area contributed by atoms with Gasteiger partial charge in [-0.15, -0.1) is 0 Å². The van der Waals surface area contributed by atoms with E-state index in [-0.39, 0.29) is 0 Å². The summed E-state index contributed by atoms with van der Waals surface area (Å²) in [6.45, 7) is 4.94. The van der Waals surface area contributed by atoms with Gasteiger partial charge in [0.1, 0.15) is 5.82 Å². The Morgan fingerprint density at radius 2 is 1.84 bits per heavy atom. The van der Waals surface area contributed by atoms with Crippen molar-refractivity contribution in [1.29, 1.82) is 0 Å². The van der Waals surface area contributed by atoms with Gasteiger partial charge >= 0.3 is 0 Å². The van der Waals surface area contributed by atoms with Crippen LogP contribution >= 0.6 is 0 Å². The maximum atomic E-state index is 4.58. The molecule has 5 nitrogen and oxygen atoms in total. The predicted molar refractivity (Wildman–Crippen MR) is 96.9 cm³/mol. The first-order valence-corrected chi connectivity index (χ1v) is 8.66. The van der Waals surface area contributed by atoms with Gasteiger partial charge in [0.15, 0.2) is 5.82 Å². The van der Waals surface area contributed by atoms with Crippen molar-refractivity contribution in [3.63, 3.8) is 0 Å². The van der Waals surface area contributed by atoms with E-state index in [1.165, 1.54) is 0 Å². The van der Waals surface area contributed by atoms with E-state index in [0.717, 1.165) is 54.5 Å². The van der Waals surface area contributed by atoms with Gasteiger partial charge in [-0.25, -0.2) is 19.9 Å². The van der Waals surface area contributed by atoms with Crippen molar-refractivity contribution in [2.75, 3.05) is 13.1 Å². The van der Waals surface area contributed by atoms with Gasteiger partial charge in [0.05, 0.1) is 0 Å². The normalized spacial score (nSPS) is 17.7. The van der Waals surface area contributed by atoms with E-state index in [1.807, 2.05) is 61.9 Å². The zero-order chi connectivity index (χ0) is 17.1. The molecule has 0 bridgehead atoms. The highest BCUT2D eigenvalue weighted by atomic mass is 15.2. The zero-order valence-electron chi connectivity index (χ0n) is 14.3. The van der Waals surface area contributed by atoms with E-state index < -0.39 is 0 Å². The second-order valence-electron chi connectivity index (χ2n) is 6.56. The van der Waals surface area contributed by atoms with E-state index in [4.69, 9.17) is 0 Å². The van der Waals surface area contributed by atoms with Crippen LogP contribution in [0.5, 0.6) is 0 Å². The van der Waals surface area contributed by atoms with Crippen LogP contribution < -0.4 is 0 Å². The summed E-state index contributed by atoms with van der Waals surface area (Å²) in [5, 5.41) is 0. The number of likely N-dealkylation sites (tertiary alicyclic amines) is 1. The van der Waals surface area contributed by atoms with E-state index in [9.17, 15) is 0 Å². The molecule has 25 heavy (non-hydrogen) atoms. The van der Waals surface area contributed by atoms with Crippen molar-refractivity contribution in [3.8, 4) is 11.4 Å². The van der Waals surface area contributed by atoms with Gasteiger partial charge in [-0.05, 0) is 26.0 Å². The lowest BCUT2D eigenvalue weighted by Crippen LogP contribution is -2.20. The molecule has 0 saturated carbocycles. The van der Waals surface area contributed by atoms with Crippen LogP contribution in [-0.2, 0) is 6.54 Å². The molecule has 126 valence electrons. The topological polar surface area (TPSA) is 54.8 Å². The molecule has 1 aliphatic heterocycles. The third-order valence-corrected chi connectivity index (χ3v) is 4.59. The van der Waals surface area contributed by atoms with Gasteiger partial charge in [0.25, 0.3) is 0 Å². The molecule has 4 rings (SSSR count). The zero-order valence-corrected chi connectivity index (χ0v) is 14.3. The largest absolute Gasteiger partial charge is 0.298 e. The summed E-state index contributed by atoms with van der Waals surface area (Å²) in [5.41, 5.74) is 3.23. The Hall–Kier alpha value is -2.66. The first-order valence-electron chi connectivity index (χ1n) is 8.66. The van der Waals surface area contributed by atoms with E-state index in [0.29, 0.717) is 5.92 Å². The molecular formula is C20H21N5. The van der Waals surface area contributed by atoms with Crippen molar-refractivity contribution in [1.82, 2.24) is 24.8 Å². The van der Waals surface area contributed by atoms with Gasteiger partial charge in [-0.3, -0.25) is 4.90 Å². The van der Waals surface area contributed by atoms with E-state index >= 15 is 0 Å². The third-order valence-electron chi connectivity index (χ3n) is 4.59. The van der Waals surface area contributed by atoms with Crippen molar-refractivity contribution in [2.45, 2.75) is 25.8 Å². The first kappa shape index (κ1) is 15.8. The number of nitrogens with zero attached hydrogens (tertiary/aromatic N) is 5. The van der Waals surface area contributed by atoms with E-state index in [1.54, 1.807) is 0 Å². The standard InChI is InChI=1S/C20H21N5/c1-15-7-9-21-20(24-15)18-8-10-25(14-18)13-16-11-22-19(23-12-16)17-5-3-2-4-6-17/h2-7,9,11-12,18H,8,10,13-14H2,1H3/t18-/m1/s1. The van der Waals surface area contributed by atoms with Crippen LogP contribution in [0.2, 0.25) is 0 Å². The molecule has 0 unspecified atom stereocenters. The van der Waals surface area contributed by atoms with Gasteiger partial charge in [-0.1, -0.05) is 30.3 Å². The van der Waals surface area contributed by atoms with Crippen LogP contribution in [0.3, 0.4) is 0 Å². The molecule has 0 aliphatic carbocycles. The highest BCUT2D eigenvalue weighted by molar-refractivity contribution is 5.53. The average Bonchev–Trinajstić information content (AvgIpc) is 3.12. The first-order chi connectivity index (χ1) is 12.3. The SMILES string of the molecule is Cc1ccnc([C@@H]2CCN(Cc3cnc(-c4ccccc4)nc3)C2)n1. The molecule has 1 saturated heterocycles. The van der Waals surface area contributed by atoms with Crippen LogP contribution in [0.25, 0.3) is 11.4 Å². The summed E-state index contributed by atoms with van der Waals surface area (Å²) in [7, 11) is 0. The Balaban J connectivity index is 1.40. The molecule has 1 aromatic carbocycles. The third kappa shape index (κ3) is 3.72. The Morgan fingerprint density at radius 1 is 1.04 bits per heavy atom. The number of hydrogen-bond acceptors (Lipinski definition) is 5. The molecule has 3 heterocycles. The van der Waals surface area contributed by atoms with Crippen LogP contribution in [-0.4, -0.2) is 37.9 Å². The molecule has 1 aliphatic rings. The molecule has 0 N–H and O–H groups in total. The van der Waals surface area contributed by atoms with Crippen molar-refractivity contribution >= 4 is 0 Å². The fourth-order valence-electron chi connectivity index (χ4n) is 3.28. The minimum absolute atomic E-state index is 0.421. The van der Waals surface area contributed by atoms with Gasteiger partial charge in [0, 0.05) is 54.4 Å². The van der Waals surface area contributed by atoms with Crippen LogP contribution in [0, 0.1) is 6.92 Å². The second kappa shape index (κ2) is 7.07. The highest BCUT2D eigenvalue weighted by Crippen LogP contribution is 2.25. The van der Waals surface area contributed by atoms with Crippen LogP contribution in [0.15, 0.2) is 55.0 Å². The summed E-state index contributed by atoms with van der Waals surface area (Å²) in [6, 6.07) is 12.0. The number of aromatic nitrogens is 4. The van der Waals surface area contributed by atoms with Crippen LogP contribution in [0.4, 0.5) is 0 Å². The fourth-order valence-corrected chi connectivity index (χ4v) is 3.28. The Kier molecular flexibility index (Phi) is 4.48. The van der Waals surface area contributed by atoms with Crippen molar-refractivity contribution in [3.05, 3.63) is 72.1 Å². The fraction of sp³-hybridized carbons (Fsp3) is 0.300. The molecule has 0 radical (unpaired) electrons. The lowest BCUT2D eigenvalue weighted by Gasteiger charge is -2.15. The molecule has 1 atom stereocenters. The minimum Gasteiger partial charge on any atom is -0.298 e. The minimum atomic E-state index is 0.421. The molecule has 0 spiro atoms. The Labute approximate surface area is 147 Å². The van der Waals surface area contributed by atoms with Gasteiger partial charge < -0.3 is 0 Å². The molecule has 2 aromatic heterocycles. The predicted octanol–water partition coefficient (Wildman–Crippen LogP) is 3.23. The molecule has 5 heteroatoms. The lowest BCUT2D eigenvalue weighted by molar-refractivity contribution is 0.325. The lowest BCUT2D eigenvalue weighted by atomic mass is 10.1. The van der Waals surface area contributed by atoms with Gasteiger partial charge in [-0.2, -0.15) is 0 Å². The van der Waals surface area contributed by atoms with Crippen LogP contribution in [0.1, 0.15) is 29.4 Å². The Bertz CT molecular complexity index is 832. The maximum Gasteiger partial charge on any atom is 0.159 e. The van der Waals surface area contributed by atoms with E-state index in [2.05, 4.69) is 24.8 Å². The molecular weight excluding hydrogens is 310 g/mol. The summed E-state index contributed by atoms with van der Waals surface area (Å²) in [4.78, 5) is 20.5. The summed E-state index contributed by atoms with van der Waals surface area (Å²) in [6.07, 6.45) is 6.83. The summed E-state index contributed by atoms with van der Waals surface area (Å²) < 4.78 is 0. The number of benzene rings is 1. The Morgan fingerprint density at radius 3 is 2.60 bits per heavy atom. The average molecular weight is 331 g/mol. The highest BCUT2D eigenvalue weighted by Gasteiger charge is 2.26. The molecule has 1 fully saturated rings. The summed E-state index contributed by atoms with van der Waals surface area (Å²) in [5.74, 6) is 2.17. The van der Waals surface area contributed by atoms with Crippen molar-refractivity contribution < 1.29 is 0 Å². The number of rotatable bonds is 4. The summed E-state index contributed by atoms with van der Waals surface area (Å²) >= 11 is 0.